The van der Waals surface area contributed by atoms with Crippen LogP contribution in [0.4, 0.5) is 0 Å². The topological polar surface area (TPSA) is 60.5 Å². The van der Waals surface area contributed by atoms with Gasteiger partial charge in [0.05, 0.1) is 11.1 Å². The summed E-state index contributed by atoms with van der Waals surface area (Å²) in [6, 6.07) is 7.79. The van der Waals surface area contributed by atoms with E-state index >= 15 is 0 Å². The number of rotatable bonds is 7. The van der Waals surface area contributed by atoms with Crippen LogP contribution in [0.1, 0.15) is 39.7 Å². The second-order valence-electron chi connectivity index (χ2n) is 6.92. The molecular formula is C22H28N2O3. The average molecular weight is 368 g/mol. The predicted molar refractivity (Wildman–Crippen MR) is 108 cm³/mol. The Bertz CT molecular complexity index is 849. The summed E-state index contributed by atoms with van der Waals surface area (Å²) in [5, 5.41) is 3.94. The lowest BCUT2D eigenvalue weighted by Gasteiger charge is -2.24. The van der Waals surface area contributed by atoms with Crippen molar-refractivity contribution in [1.82, 2.24) is 10.3 Å². The Morgan fingerprint density at radius 2 is 2.07 bits per heavy atom. The van der Waals surface area contributed by atoms with Gasteiger partial charge in [0, 0.05) is 18.7 Å². The third-order valence-electron chi connectivity index (χ3n) is 4.11. The maximum atomic E-state index is 12.6. The highest BCUT2D eigenvalue weighted by Gasteiger charge is 2.25. The highest BCUT2D eigenvalue weighted by atomic mass is 16.5. The number of nitrogens with one attached hydrogen (secondary N) is 1. The van der Waals surface area contributed by atoms with Gasteiger partial charge < -0.3 is 14.8 Å². The van der Waals surface area contributed by atoms with Crippen LogP contribution >= 0.6 is 0 Å². The Hall–Kier alpha value is -2.58. The van der Waals surface area contributed by atoms with Crippen LogP contribution in [-0.2, 0) is 16.0 Å². The fourth-order valence-electron chi connectivity index (χ4n) is 2.66. The summed E-state index contributed by atoms with van der Waals surface area (Å²) in [4.78, 5) is 17.1. The molecule has 2 aromatic rings. The molecule has 0 saturated carbocycles. The zero-order valence-electron chi connectivity index (χ0n) is 16.8. The van der Waals surface area contributed by atoms with Crippen LogP contribution in [0.2, 0.25) is 0 Å². The average Bonchev–Trinajstić information content (AvgIpc) is 2.65. The van der Waals surface area contributed by atoms with Gasteiger partial charge in [-0.05, 0) is 56.5 Å². The van der Waals surface area contributed by atoms with Crippen LogP contribution < -0.4 is 10.1 Å². The number of aryl methyl sites for hydroxylation is 1. The van der Waals surface area contributed by atoms with Crippen molar-refractivity contribution in [3.05, 3.63) is 36.0 Å². The van der Waals surface area contributed by atoms with E-state index in [9.17, 15) is 4.79 Å². The Kier molecular flexibility index (Phi) is 7.20. The number of nitrogens with zero attached hydrogens (tertiary/aromatic N) is 1. The summed E-state index contributed by atoms with van der Waals surface area (Å²) >= 11 is 0. The number of carbonyl (C=O) groups excluding carboxylic acids is 1. The van der Waals surface area contributed by atoms with Crippen molar-refractivity contribution in [1.29, 1.82) is 0 Å². The molecule has 0 spiro atoms. The minimum Gasteiger partial charge on any atom is -0.481 e. The Morgan fingerprint density at radius 3 is 2.74 bits per heavy atom. The number of hydrogen-bond donors (Lipinski definition) is 1. The van der Waals surface area contributed by atoms with Gasteiger partial charge in [-0.1, -0.05) is 25.7 Å². The number of benzene rings is 1. The third kappa shape index (κ3) is 5.97. The van der Waals surface area contributed by atoms with Crippen LogP contribution in [-0.4, -0.2) is 36.3 Å². The first-order valence-corrected chi connectivity index (χ1v) is 9.24. The SMILES string of the molecule is CCc1cnc2ccc(OC(CC)C(=O)NC(C)(C)C#CCOC)cc2c1. The molecule has 144 valence electrons. The van der Waals surface area contributed by atoms with Crippen molar-refractivity contribution < 1.29 is 14.3 Å². The molecule has 27 heavy (non-hydrogen) atoms. The van der Waals surface area contributed by atoms with Crippen molar-refractivity contribution in [3.63, 3.8) is 0 Å². The molecule has 2 rings (SSSR count). The fraction of sp³-hybridized carbons (Fsp3) is 0.455. The van der Waals surface area contributed by atoms with Gasteiger partial charge >= 0.3 is 0 Å². The summed E-state index contributed by atoms with van der Waals surface area (Å²) in [6.45, 7) is 8.06. The lowest BCUT2D eigenvalue weighted by atomic mass is 10.1. The van der Waals surface area contributed by atoms with Crippen LogP contribution in [0.5, 0.6) is 5.75 Å². The largest absolute Gasteiger partial charge is 0.481 e. The van der Waals surface area contributed by atoms with E-state index in [1.54, 1.807) is 7.11 Å². The van der Waals surface area contributed by atoms with E-state index < -0.39 is 11.6 Å². The monoisotopic (exact) mass is 368 g/mol. The minimum absolute atomic E-state index is 0.185. The van der Waals surface area contributed by atoms with Gasteiger partial charge in [0.15, 0.2) is 6.10 Å². The number of hydrogen-bond acceptors (Lipinski definition) is 4. The number of carbonyl (C=O) groups is 1. The molecule has 0 aliphatic heterocycles. The highest BCUT2D eigenvalue weighted by molar-refractivity contribution is 5.83. The first-order valence-electron chi connectivity index (χ1n) is 9.24. The van der Waals surface area contributed by atoms with E-state index in [4.69, 9.17) is 9.47 Å². The van der Waals surface area contributed by atoms with E-state index in [1.165, 1.54) is 5.56 Å². The van der Waals surface area contributed by atoms with Crippen LogP contribution in [0, 0.1) is 11.8 Å². The lowest BCUT2D eigenvalue weighted by Crippen LogP contribution is -2.48. The highest BCUT2D eigenvalue weighted by Crippen LogP contribution is 2.22. The molecule has 1 amide bonds. The van der Waals surface area contributed by atoms with Crippen molar-refractivity contribution in [3.8, 4) is 17.6 Å². The van der Waals surface area contributed by atoms with Gasteiger partial charge in [-0.25, -0.2) is 0 Å². The molecule has 0 fully saturated rings. The predicted octanol–water partition coefficient (Wildman–Crippen LogP) is 3.50. The van der Waals surface area contributed by atoms with Gasteiger partial charge in [-0.3, -0.25) is 9.78 Å². The molecule has 0 radical (unpaired) electrons. The molecule has 0 aliphatic carbocycles. The lowest BCUT2D eigenvalue weighted by molar-refractivity contribution is -0.129. The van der Waals surface area contributed by atoms with E-state index in [-0.39, 0.29) is 5.91 Å². The molecule has 1 aromatic carbocycles. The van der Waals surface area contributed by atoms with E-state index in [0.717, 1.165) is 17.3 Å². The Balaban J connectivity index is 2.12. The number of pyridine rings is 1. The summed E-state index contributed by atoms with van der Waals surface area (Å²) in [5.74, 6) is 6.35. The molecule has 1 aromatic heterocycles. The second-order valence-corrected chi connectivity index (χ2v) is 6.92. The summed E-state index contributed by atoms with van der Waals surface area (Å²) < 4.78 is 10.9. The smallest absolute Gasteiger partial charge is 0.262 e. The maximum absolute atomic E-state index is 12.6. The minimum atomic E-state index is -0.657. The Morgan fingerprint density at radius 1 is 1.30 bits per heavy atom. The van der Waals surface area contributed by atoms with Crippen molar-refractivity contribution in [2.24, 2.45) is 0 Å². The van der Waals surface area contributed by atoms with Crippen molar-refractivity contribution >= 4 is 16.8 Å². The van der Waals surface area contributed by atoms with Gasteiger partial charge in [-0.15, -0.1) is 0 Å². The summed E-state index contributed by atoms with van der Waals surface area (Å²) in [6.07, 6.45) is 2.78. The van der Waals surface area contributed by atoms with Gasteiger partial charge in [-0.2, -0.15) is 0 Å². The standard InChI is InChI=1S/C22H28N2O3/c1-6-16-13-17-14-18(9-10-19(17)23-15-16)27-20(7-2)21(25)24-22(3,4)11-8-12-26-5/h9-10,13-15,20H,6-7,12H2,1-5H3,(H,24,25). The molecule has 0 bridgehead atoms. The summed E-state index contributed by atoms with van der Waals surface area (Å²) in [7, 11) is 1.59. The second kappa shape index (κ2) is 9.38. The van der Waals surface area contributed by atoms with E-state index in [1.807, 2.05) is 45.2 Å². The maximum Gasteiger partial charge on any atom is 0.262 e. The van der Waals surface area contributed by atoms with Crippen LogP contribution in [0.3, 0.4) is 0 Å². The normalized spacial score (nSPS) is 12.2. The number of amides is 1. The third-order valence-corrected chi connectivity index (χ3v) is 4.11. The number of aromatic nitrogens is 1. The molecule has 1 atom stereocenters. The zero-order valence-corrected chi connectivity index (χ0v) is 16.8. The van der Waals surface area contributed by atoms with Gasteiger partial charge in [0.1, 0.15) is 12.4 Å². The van der Waals surface area contributed by atoms with Gasteiger partial charge in [0.2, 0.25) is 0 Å². The molecule has 1 N–H and O–H groups in total. The van der Waals surface area contributed by atoms with Crippen molar-refractivity contribution in [2.45, 2.75) is 52.2 Å². The molecular weight excluding hydrogens is 340 g/mol. The van der Waals surface area contributed by atoms with Crippen LogP contribution in [0.25, 0.3) is 10.9 Å². The molecule has 1 heterocycles. The number of ether oxygens (including phenoxy) is 2. The molecule has 0 saturated heterocycles. The van der Waals surface area contributed by atoms with Crippen molar-refractivity contribution in [2.75, 3.05) is 13.7 Å². The number of methoxy groups -OCH3 is 1. The molecule has 5 heteroatoms. The Labute approximate surface area is 161 Å². The first kappa shape index (κ1) is 20.7. The van der Waals surface area contributed by atoms with E-state index in [0.29, 0.717) is 18.8 Å². The first-order chi connectivity index (χ1) is 12.9. The molecule has 0 aliphatic rings. The van der Waals surface area contributed by atoms with E-state index in [2.05, 4.69) is 35.1 Å². The molecule has 1 unspecified atom stereocenters. The van der Waals surface area contributed by atoms with Gasteiger partial charge in [0.25, 0.3) is 5.91 Å². The zero-order chi connectivity index (χ0) is 19.9. The number of fused-ring (bicyclic) bond motifs is 1. The fourth-order valence-corrected chi connectivity index (χ4v) is 2.66. The quantitative estimate of drug-likeness (QED) is 0.760. The van der Waals surface area contributed by atoms with Crippen LogP contribution in [0.15, 0.2) is 30.5 Å². The summed E-state index contributed by atoms with van der Waals surface area (Å²) in [5.41, 5.74) is 1.42. The molecule has 5 nitrogen and oxygen atoms in total.